The Morgan fingerprint density at radius 3 is 2.86 bits per heavy atom. The molecule has 1 atom stereocenters. The molecule has 0 spiro atoms. The van der Waals surface area contributed by atoms with E-state index in [2.05, 4.69) is 51.4 Å². The second kappa shape index (κ2) is 9.16. The lowest BCUT2D eigenvalue weighted by Crippen LogP contribution is -2.45. The van der Waals surface area contributed by atoms with Crippen molar-refractivity contribution < 1.29 is 4.74 Å². The molecule has 1 aromatic carbocycles. The van der Waals surface area contributed by atoms with Gasteiger partial charge < -0.3 is 15.8 Å². The van der Waals surface area contributed by atoms with Crippen LogP contribution in [0.4, 0.5) is 5.82 Å². The molecule has 3 N–H and O–H groups in total. The van der Waals surface area contributed by atoms with Gasteiger partial charge in [-0.3, -0.25) is 4.68 Å². The topological polar surface area (TPSA) is 117 Å². The number of anilines is 1. The quantitative estimate of drug-likeness (QED) is 0.393. The van der Waals surface area contributed by atoms with Crippen molar-refractivity contribution in [3.8, 4) is 11.3 Å². The Morgan fingerprint density at radius 1 is 1.20 bits per heavy atom. The molecule has 1 aliphatic rings. The van der Waals surface area contributed by atoms with E-state index >= 15 is 0 Å². The minimum Gasteiger partial charge on any atom is -0.383 e. The largest absolute Gasteiger partial charge is 0.383 e. The number of nitrogens with one attached hydrogen (secondary N) is 1. The molecule has 0 amide bonds. The minimum absolute atomic E-state index is 0.358. The summed E-state index contributed by atoms with van der Waals surface area (Å²) in [5.74, 6) is 1.68. The summed E-state index contributed by atoms with van der Waals surface area (Å²) >= 11 is 0. The molecular weight excluding hydrogens is 440 g/mol. The van der Waals surface area contributed by atoms with Gasteiger partial charge in [0.25, 0.3) is 0 Å². The Morgan fingerprint density at radius 2 is 2.06 bits per heavy atom. The molecule has 5 rings (SSSR count). The van der Waals surface area contributed by atoms with Crippen LogP contribution < -0.4 is 21.6 Å². The molecule has 180 valence electrons. The summed E-state index contributed by atoms with van der Waals surface area (Å²) in [6.07, 6.45) is 7.83. The molecule has 3 aromatic heterocycles. The maximum Gasteiger partial charge on any atom is 0.153 e. The standard InChI is InChI=1S/C26H30N8O/c1-16(2)23-19-13-17(5-6-21(19)33-34(23)3)20-8-10-29-25(32-20)26(27)9-7-18-22(14-26)30-15-31-24(18)28-11-12-35-4/h5-8,10,13-16H,9,11-12,27H2,1-4H3,(H,28,30,31). The van der Waals surface area contributed by atoms with Gasteiger partial charge in [-0.05, 0) is 36.6 Å². The van der Waals surface area contributed by atoms with E-state index in [0.717, 1.165) is 38.5 Å². The number of ether oxygens (including phenoxy) is 1. The lowest BCUT2D eigenvalue weighted by molar-refractivity contribution is 0.210. The second-order valence-electron chi connectivity index (χ2n) is 9.19. The first-order valence-electron chi connectivity index (χ1n) is 11.8. The van der Waals surface area contributed by atoms with Gasteiger partial charge in [-0.15, -0.1) is 0 Å². The Kier molecular flexibility index (Phi) is 6.04. The van der Waals surface area contributed by atoms with Crippen molar-refractivity contribution in [2.75, 3.05) is 25.6 Å². The molecule has 9 heteroatoms. The van der Waals surface area contributed by atoms with Gasteiger partial charge in [0, 0.05) is 48.8 Å². The van der Waals surface area contributed by atoms with Crippen molar-refractivity contribution in [2.45, 2.75) is 31.7 Å². The van der Waals surface area contributed by atoms with Crippen molar-refractivity contribution >= 4 is 28.9 Å². The highest BCUT2D eigenvalue weighted by Gasteiger charge is 2.30. The predicted octanol–water partition coefficient (Wildman–Crippen LogP) is 1.82. The zero-order chi connectivity index (χ0) is 24.6. The van der Waals surface area contributed by atoms with E-state index < -0.39 is 5.54 Å². The van der Waals surface area contributed by atoms with Crippen molar-refractivity contribution in [3.63, 3.8) is 0 Å². The van der Waals surface area contributed by atoms with Gasteiger partial charge in [-0.1, -0.05) is 26.0 Å². The molecule has 9 nitrogen and oxygen atoms in total. The fourth-order valence-corrected chi connectivity index (χ4v) is 4.67. The Hall–Kier alpha value is -3.69. The van der Waals surface area contributed by atoms with E-state index in [4.69, 9.17) is 15.5 Å². The third kappa shape index (κ3) is 4.28. The van der Waals surface area contributed by atoms with Crippen LogP contribution in [-0.2, 0) is 17.3 Å². The van der Waals surface area contributed by atoms with Crippen LogP contribution in [0.5, 0.6) is 0 Å². The number of nitrogens with two attached hydrogens (primary N) is 1. The molecule has 0 radical (unpaired) electrons. The van der Waals surface area contributed by atoms with E-state index in [0.29, 0.717) is 31.3 Å². The number of rotatable bonds is 7. The number of fused-ring (bicyclic) bond motifs is 2. The van der Waals surface area contributed by atoms with E-state index in [1.807, 2.05) is 36.0 Å². The summed E-state index contributed by atoms with van der Waals surface area (Å²) in [6.45, 7) is 5.61. The molecule has 0 saturated carbocycles. The van der Waals surface area contributed by atoms with Crippen molar-refractivity contribution in [1.29, 1.82) is 0 Å². The van der Waals surface area contributed by atoms with Crippen LogP contribution in [0.25, 0.3) is 34.3 Å². The first-order chi connectivity index (χ1) is 16.9. The zero-order valence-electron chi connectivity index (χ0n) is 20.5. The van der Waals surface area contributed by atoms with Crippen LogP contribution in [0.3, 0.4) is 0 Å². The molecule has 0 aliphatic heterocycles. The van der Waals surface area contributed by atoms with Gasteiger partial charge in [0.2, 0.25) is 0 Å². The lowest BCUT2D eigenvalue weighted by Gasteiger charge is -2.25. The number of hydrogen-bond acceptors (Lipinski definition) is 8. The van der Waals surface area contributed by atoms with Crippen molar-refractivity contribution in [3.05, 3.63) is 58.9 Å². The van der Waals surface area contributed by atoms with Gasteiger partial charge in [0.1, 0.15) is 17.7 Å². The first-order valence-corrected chi connectivity index (χ1v) is 11.8. The highest BCUT2D eigenvalue weighted by Crippen LogP contribution is 2.30. The number of benzene rings is 1. The van der Waals surface area contributed by atoms with Crippen molar-refractivity contribution in [2.24, 2.45) is 12.8 Å². The Labute approximate surface area is 203 Å². The van der Waals surface area contributed by atoms with E-state index in [-0.39, 0.29) is 0 Å². The normalized spacial score (nSPS) is 17.2. The van der Waals surface area contributed by atoms with Gasteiger partial charge in [0.15, 0.2) is 5.82 Å². The monoisotopic (exact) mass is 470 g/mol. The summed E-state index contributed by atoms with van der Waals surface area (Å²) in [7, 11) is 3.66. The average Bonchev–Trinajstić information content (AvgIpc) is 3.19. The lowest BCUT2D eigenvalue weighted by atomic mass is 9.90. The molecule has 0 saturated heterocycles. The third-order valence-corrected chi connectivity index (χ3v) is 6.35. The van der Waals surface area contributed by atoms with Crippen LogP contribution in [-0.4, -0.2) is 50.0 Å². The Balaban J connectivity index is 1.52. The van der Waals surface area contributed by atoms with Crippen LogP contribution in [0, 0.1) is 0 Å². The van der Waals surface area contributed by atoms with Gasteiger partial charge in [-0.25, -0.2) is 19.9 Å². The molecule has 4 aromatic rings. The molecule has 0 bridgehead atoms. The Bertz CT molecular complexity index is 1510. The highest BCUT2D eigenvalue weighted by molar-refractivity contribution is 5.86. The summed E-state index contributed by atoms with van der Waals surface area (Å²) in [4.78, 5) is 18.3. The average molecular weight is 471 g/mol. The SMILES string of the molecule is COCCNc1ncnc2c1=CCC(N)(c1nccc(-c3ccc4nn(C)c(C(C)C)c4c3)n1)C=2. The molecule has 35 heavy (non-hydrogen) atoms. The molecule has 0 fully saturated rings. The number of nitrogens with zero attached hydrogens (tertiary/aromatic N) is 6. The summed E-state index contributed by atoms with van der Waals surface area (Å²) in [6, 6.07) is 8.17. The smallest absolute Gasteiger partial charge is 0.153 e. The molecular formula is C26H30N8O. The van der Waals surface area contributed by atoms with Gasteiger partial charge in [0.05, 0.1) is 23.2 Å². The number of aryl methyl sites for hydroxylation is 1. The number of methoxy groups -OCH3 is 1. The van der Waals surface area contributed by atoms with E-state index in [9.17, 15) is 0 Å². The fraction of sp³-hybridized carbons (Fsp3) is 0.346. The predicted molar refractivity (Wildman–Crippen MR) is 137 cm³/mol. The number of aromatic nitrogens is 6. The molecule has 1 unspecified atom stereocenters. The van der Waals surface area contributed by atoms with Crippen LogP contribution in [0.2, 0.25) is 0 Å². The summed E-state index contributed by atoms with van der Waals surface area (Å²) in [5, 5.41) is 10.8. The maximum atomic E-state index is 6.85. The van der Waals surface area contributed by atoms with E-state index in [1.165, 1.54) is 12.0 Å². The molecule has 3 heterocycles. The maximum absolute atomic E-state index is 6.85. The van der Waals surface area contributed by atoms with Gasteiger partial charge >= 0.3 is 0 Å². The van der Waals surface area contributed by atoms with Crippen LogP contribution >= 0.6 is 0 Å². The summed E-state index contributed by atoms with van der Waals surface area (Å²) < 4.78 is 7.09. The third-order valence-electron chi connectivity index (χ3n) is 6.35. The molecule has 1 aliphatic carbocycles. The zero-order valence-corrected chi connectivity index (χ0v) is 20.5. The van der Waals surface area contributed by atoms with Crippen molar-refractivity contribution in [1.82, 2.24) is 29.7 Å². The minimum atomic E-state index is -0.872. The fourth-order valence-electron chi connectivity index (χ4n) is 4.67. The van der Waals surface area contributed by atoms with Crippen LogP contribution in [0.15, 0.2) is 36.8 Å². The number of hydrogen-bond donors (Lipinski definition) is 2. The van der Waals surface area contributed by atoms with Gasteiger partial charge in [-0.2, -0.15) is 5.10 Å². The summed E-state index contributed by atoms with van der Waals surface area (Å²) in [5.41, 5.74) is 9.98. The second-order valence-corrected chi connectivity index (χ2v) is 9.19. The van der Waals surface area contributed by atoms with Crippen LogP contribution in [0.1, 0.15) is 37.7 Å². The first kappa shape index (κ1) is 23.1. The van der Waals surface area contributed by atoms with E-state index in [1.54, 1.807) is 13.3 Å². The highest BCUT2D eigenvalue weighted by atomic mass is 16.5.